The van der Waals surface area contributed by atoms with Gasteiger partial charge in [0.2, 0.25) is 0 Å². The molecule has 5 heteroatoms. The van der Waals surface area contributed by atoms with Gasteiger partial charge in [-0.15, -0.1) is 12.4 Å². The van der Waals surface area contributed by atoms with E-state index in [0.29, 0.717) is 23.3 Å². The molecule has 0 aliphatic carbocycles. The molecule has 0 saturated carbocycles. The third-order valence-electron chi connectivity index (χ3n) is 5.88. The van der Waals surface area contributed by atoms with Gasteiger partial charge in [-0.2, -0.15) is 0 Å². The lowest BCUT2D eigenvalue weighted by molar-refractivity contribution is 0.302. The summed E-state index contributed by atoms with van der Waals surface area (Å²) in [5.74, 6) is 1.32. The SMILES string of the molecule is Cl.O=c1cc(-c2ccccc2)oc2ccc(OCCCCCCC3CCCCN3)cc12. The fourth-order valence-corrected chi connectivity index (χ4v) is 4.18. The molecule has 166 valence electrons. The summed E-state index contributed by atoms with van der Waals surface area (Å²) in [6.45, 7) is 1.87. The molecule has 1 aliphatic rings. The van der Waals surface area contributed by atoms with Crippen molar-refractivity contribution in [1.82, 2.24) is 5.32 Å². The summed E-state index contributed by atoms with van der Waals surface area (Å²) in [7, 11) is 0. The molecule has 0 spiro atoms. The number of fused-ring (bicyclic) bond motifs is 1. The second-order valence-electron chi connectivity index (χ2n) is 8.20. The molecule has 2 aromatic carbocycles. The van der Waals surface area contributed by atoms with Crippen molar-refractivity contribution in [1.29, 1.82) is 0 Å². The molecule has 1 unspecified atom stereocenters. The van der Waals surface area contributed by atoms with Crippen molar-refractivity contribution in [2.24, 2.45) is 0 Å². The van der Waals surface area contributed by atoms with Gasteiger partial charge in [-0.1, -0.05) is 56.0 Å². The number of hydrogen-bond donors (Lipinski definition) is 1. The van der Waals surface area contributed by atoms with Gasteiger partial charge in [-0.05, 0) is 50.4 Å². The highest BCUT2D eigenvalue weighted by atomic mass is 35.5. The zero-order valence-electron chi connectivity index (χ0n) is 18.0. The van der Waals surface area contributed by atoms with E-state index >= 15 is 0 Å². The first-order valence-electron chi connectivity index (χ1n) is 11.3. The minimum absolute atomic E-state index is 0. The molecule has 4 nitrogen and oxygen atoms in total. The number of benzene rings is 2. The quantitative estimate of drug-likeness (QED) is 0.393. The Morgan fingerprint density at radius 2 is 1.81 bits per heavy atom. The summed E-state index contributed by atoms with van der Waals surface area (Å²) in [5.41, 5.74) is 1.44. The van der Waals surface area contributed by atoms with Gasteiger partial charge in [0.15, 0.2) is 5.43 Å². The standard InChI is InChI=1S/C26H31NO3.ClH/c28-24-19-26(20-10-4-3-5-11-20)30-25-15-14-22(18-23(24)25)29-17-9-2-1-6-12-21-13-7-8-16-27-21;/h3-5,10-11,14-15,18-19,21,27H,1-2,6-9,12-13,16-17H2;1H. The van der Waals surface area contributed by atoms with E-state index in [9.17, 15) is 4.79 Å². The first-order chi connectivity index (χ1) is 14.8. The first-order valence-corrected chi connectivity index (χ1v) is 11.3. The highest BCUT2D eigenvalue weighted by Gasteiger charge is 2.11. The molecule has 1 N–H and O–H groups in total. The Balaban J connectivity index is 0.00000272. The van der Waals surface area contributed by atoms with Crippen LogP contribution in [-0.2, 0) is 0 Å². The largest absolute Gasteiger partial charge is 0.494 e. The Kier molecular flexibility index (Phi) is 8.98. The molecule has 4 rings (SSSR count). The monoisotopic (exact) mass is 441 g/mol. The summed E-state index contributed by atoms with van der Waals surface area (Å²) in [6, 6.07) is 17.5. The maximum Gasteiger partial charge on any atom is 0.193 e. The van der Waals surface area contributed by atoms with Crippen molar-refractivity contribution in [2.45, 2.75) is 57.4 Å². The molecule has 3 aromatic rings. The van der Waals surface area contributed by atoms with Crippen LogP contribution in [0.1, 0.15) is 51.4 Å². The summed E-state index contributed by atoms with van der Waals surface area (Å²) >= 11 is 0. The van der Waals surface area contributed by atoms with Crippen LogP contribution in [0.5, 0.6) is 5.75 Å². The van der Waals surface area contributed by atoms with Gasteiger partial charge in [0, 0.05) is 17.7 Å². The average molecular weight is 442 g/mol. The first kappa shape index (κ1) is 23.4. The van der Waals surface area contributed by atoms with Crippen molar-refractivity contribution < 1.29 is 9.15 Å². The van der Waals surface area contributed by atoms with Gasteiger partial charge >= 0.3 is 0 Å². The second kappa shape index (κ2) is 11.9. The minimum Gasteiger partial charge on any atom is -0.494 e. The summed E-state index contributed by atoms with van der Waals surface area (Å²) in [5, 5.41) is 4.18. The van der Waals surface area contributed by atoms with E-state index in [-0.39, 0.29) is 17.8 Å². The Morgan fingerprint density at radius 3 is 2.61 bits per heavy atom. The Morgan fingerprint density at radius 1 is 0.968 bits per heavy atom. The normalized spacial score (nSPS) is 16.1. The Hall–Kier alpha value is -2.30. The third-order valence-corrected chi connectivity index (χ3v) is 5.88. The summed E-state index contributed by atoms with van der Waals surface area (Å²) < 4.78 is 11.8. The smallest absolute Gasteiger partial charge is 0.193 e. The van der Waals surface area contributed by atoms with Crippen LogP contribution in [0.2, 0.25) is 0 Å². The topological polar surface area (TPSA) is 51.5 Å². The number of piperidine rings is 1. The van der Waals surface area contributed by atoms with Crippen molar-refractivity contribution in [2.75, 3.05) is 13.2 Å². The maximum atomic E-state index is 12.6. The predicted octanol–water partition coefficient (Wildman–Crippen LogP) is 6.35. The van der Waals surface area contributed by atoms with Crippen molar-refractivity contribution >= 4 is 23.4 Å². The molecule has 0 bridgehead atoms. The van der Waals surface area contributed by atoms with Gasteiger partial charge in [-0.3, -0.25) is 4.79 Å². The number of rotatable bonds is 9. The molecule has 0 radical (unpaired) electrons. The van der Waals surface area contributed by atoms with Crippen molar-refractivity contribution in [3.8, 4) is 17.1 Å². The lowest BCUT2D eigenvalue weighted by Crippen LogP contribution is -2.33. The number of nitrogens with one attached hydrogen (secondary N) is 1. The molecular weight excluding hydrogens is 410 g/mol. The lowest BCUT2D eigenvalue weighted by Gasteiger charge is -2.23. The van der Waals surface area contributed by atoms with Gasteiger partial charge < -0.3 is 14.5 Å². The van der Waals surface area contributed by atoms with Crippen LogP contribution in [-0.4, -0.2) is 19.2 Å². The van der Waals surface area contributed by atoms with Gasteiger partial charge in [0.25, 0.3) is 0 Å². The number of unbranched alkanes of at least 4 members (excludes halogenated alkanes) is 3. The van der Waals surface area contributed by atoms with Crippen LogP contribution >= 0.6 is 12.4 Å². The highest BCUT2D eigenvalue weighted by molar-refractivity contribution is 5.85. The molecule has 1 aromatic heterocycles. The number of ether oxygens (including phenoxy) is 1. The Bertz CT molecular complexity index is 996. The number of hydrogen-bond acceptors (Lipinski definition) is 4. The zero-order valence-corrected chi connectivity index (χ0v) is 18.8. The van der Waals surface area contributed by atoms with Gasteiger partial charge in [0.1, 0.15) is 17.1 Å². The van der Waals surface area contributed by atoms with E-state index in [2.05, 4.69) is 5.32 Å². The minimum atomic E-state index is -0.0446. The van der Waals surface area contributed by atoms with Crippen LogP contribution in [0.3, 0.4) is 0 Å². The van der Waals surface area contributed by atoms with E-state index in [1.807, 2.05) is 42.5 Å². The van der Waals surface area contributed by atoms with Crippen molar-refractivity contribution in [3.05, 3.63) is 64.8 Å². The van der Waals surface area contributed by atoms with Crippen LogP contribution in [0.4, 0.5) is 0 Å². The summed E-state index contributed by atoms with van der Waals surface area (Å²) in [4.78, 5) is 12.6. The van der Waals surface area contributed by atoms with E-state index in [4.69, 9.17) is 9.15 Å². The number of halogens is 1. The maximum absolute atomic E-state index is 12.6. The average Bonchev–Trinajstić information content (AvgIpc) is 2.80. The predicted molar refractivity (Wildman–Crippen MR) is 129 cm³/mol. The van der Waals surface area contributed by atoms with Crippen LogP contribution < -0.4 is 15.5 Å². The molecule has 1 atom stereocenters. The van der Waals surface area contributed by atoms with Crippen LogP contribution in [0, 0.1) is 0 Å². The van der Waals surface area contributed by atoms with Crippen molar-refractivity contribution in [3.63, 3.8) is 0 Å². The molecule has 2 heterocycles. The zero-order chi connectivity index (χ0) is 20.6. The lowest BCUT2D eigenvalue weighted by atomic mass is 9.99. The Labute approximate surface area is 190 Å². The second-order valence-corrected chi connectivity index (χ2v) is 8.20. The van der Waals surface area contributed by atoms with E-state index in [1.165, 1.54) is 51.5 Å². The summed E-state index contributed by atoms with van der Waals surface area (Å²) in [6.07, 6.45) is 10.1. The van der Waals surface area contributed by atoms with Crippen LogP contribution in [0.25, 0.3) is 22.3 Å². The molecule has 1 saturated heterocycles. The highest BCUT2D eigenvalue weighted by Crippen LogP contribution is 2.24. The van der Waals surface area contributed by atoms with E-state index in [0.717, 1.165) is 23.8 Å². The fourth-order valence-electron chi connectivity index (χ4n) is 4.18. The van der Waals surface area contributed by atoms with Gasteiger partial charge in [0.05, 0.1) is 12.0 Å². The third kappa shape index (κ3) is 6.59. The molecular formula is C26H32ClNO3. The van der Waals surface area contributed by atoms with E-state index < -0.39 is 0 Å². The molecule has 1 aliphatic heterocycles. The molecule has 1 fully saturated rings. The van der Waals surface area contributed by atoms with E-state index in [1.54, 1.807) is 12.1 Å². The molecule has 0 amide bonds. The fraction of sp³-hybridized carbons (Fsp3) is 0.423. The molecule has 31 heavy (non-hydrogen) atoms. The van der Waals surface area contributed by atoms with Gasteiger partial charge in [-0.25, -0.2) is 0 Å². The van der Waals surface area contributed by atoms with Crippen LogP contribution in [0.15, 0.2) is 63.8 Å².